The number of hydrogen-bond acceptors (Lipinski definition) is 5. The molecule has 0 radical (unpaired) electrons. The highest BCUT2D eigenvalue weighted by Gasteiger charge is 2.25. The van der Waals surface area contributed by atoms with Crippen LogP contribution in [0, 0.1) is 15.9 Å². The van der Waals surface area contributed by atoms with Gasteiger partial charge in [0.15, 0.2) is 16.6 Å². The maximum atomic E-state index is 13.4. The zero-order valence-electron chi connectivity index (χ0n) is 8.94. The van der Waals surface area contributed by atoms with Crippen molar-refractivity contribution in [3.05, 3.63) is 53.7 Å². The highest BCUT2D eigenvalue weighted by molar-refractivity contribution is 6.34. The molecule has 1 heterocycles. The third-order valence-electron chi connectivity index (χ3n) is 2.36. The molecule has 2 aromatic rings. The molecule has 0 saturated heterocycles. The number of nitrogens with one attached hydrogen (secondary N) is 1. The minimum atomic E-state index is -1.19. The predicted octanol–water partition coefficient (Wildman–Crippen LogP) is 1.29. The third kappa shape index (κ3) is 2.02. The molecule has 2 N–H and O–H groups in total. The maximum Gasteiger partial charge on any atom is 0.304 e. The molecule has 0 aliphatic carbocycles. The molecule has 0 bridgehead atoms. The predicted molar refractivity (Wildman–Crippen MR) is 64.1 cm³/mol. The van der Waals surface area contributed by atoms with Gasteiger partial charge in [-0.05, 0) is 0 Å². The molecule has 9 heteroatoms. The van der Waals surface area contributed by atoms with Gasteiger partial charge in [0, 0.05) is 12.1 Å². The van der Waals surface area contributed by atoms with Gasteiger partial charge in [0.25, 0.3) is 5.56 Å². The lowest BCUT2D eigenvalue weighted by atomic mass is 10.2. The van der Waals surface area contributed by atoms with E-state index in [1.54, 1.807) is 0 Å². The maximum absolute atomic E-state index is 13.4. The van der Waals surface area contributed by atoms with E-state index in [-0.39, 0.29) is 0 Å². The van der Waals surface area contributed by atoms with E-state index in [2.05, 4.69) is 0 Å². The van der Waals surface area contributed by atoms with Crippen LogP contribution >= 0.6 is 11.6 Å². The number of benzene rings is 1. The molecule has 0 aliphatic rings. The van der Waals surface area contributed by atoms with Crippen molar-refractivity contribution >= 4 is 28.2 Å². The van der Waals surface area contributed by atoms with Gasteiger partial charge in [-0.15, -0.1) is 0 Å². The fourth-order valence-electron chi connectivity index (χ4n) is 1.60. The Morgan fingerprint density at radius 3 is 2.58 bits per heavy atom. The molecule has 7 nitrogen and oxygen atoms in total. The number of H-pyrrole nitrogens is 1. The standard InChI is InChI=1S/C10H4ClFN2O5/c11-8-3(12)1-4-7(9(8)14(18)19)10(17)5(15)2-6(16)13-4/h1-2H,(H,13,16)(H,15,17). The minimum Gasteiger partial charge on any atom is -0.504 e. The number of aromatic hydroxyl groups is 1. The Bertz CT molecular complexity index is 833. The summed E-state index contributed by atoms with van der Waals surface area (Å²) in [6.45, 7) is 0. The van der Waals surface area contributed by atoms with E-state index in [1.807, 2.05) is 4.98 Å². The van der Waals surface area contributed by atoms with E-state index in [4.69, 9.17) is 11.6 Å². The van der Waals surface area contributed by atoms with Crippen molar-refractivity contribution in [1.29, 1.82) is 0 Å². The lowest BCUT2D eigenvalue weighted by molar-refractivity contribution is -0.383. The molecule has 0 atom stereocenters. The Kier molecular flexibility index (Phi) is 2.95. The fraction of sp³-hybridized carbons (Fsp3) is 0. The summed E-state index contributed by atoms with van der Waals surface area (Å²) in [6.07, 6.45) is 0. The van der Waals surface area contributed by atoms with Crippen LogP contribution in [0.5, 0.6) is 5.75 Å². The van der Waals surface area contributed by atoms with Crippen molar-refractivity contribution in [2.45, 2.75) is 0 Å². The lowest BCUT2D eigenvalue weighted by Gasteiger charge is -1.99. The van der Waals surface area contributed by atoms with Crippen molar-refractivity contribution in [1.82, 2.24) is 4.98 Å². The number of hydrogen-bond donors (Lipinski definition) is 2. The number of halogens is 2. The molecule has 1 aromatic heterocycles. The summed E-state index contributed by atoms with van der Waals surface area (Å²) in [6, 6.07) is 1.21. The molecule has 0 spiro atoms. The molecule has 98 valence electrons. The van der Waals surface area contributed by atoms with Crippen LogP contribution < -0.4 is 11.0 Å². The Balaban J connectivity index is 3.27. The van der Waals surface area contributed by atoms with Crippen LogP contribution in [0.3, 0.4) is 0 Å². The first-order valence-electron chi connectivity index (χ1n) is 4.75. The molecule has 1 aromatic carbocycles. The van der Waals surface area contributed by atoms with E-state index in [0.29, 0.717) is 12.1 Å². The number of nitro groups is 1. The molecule has 0 fully saturated rings. The summed E-state index contributed by atoms with van der Waals surface area (Å²) in [4.78, 5) is 34.9. The van der Waals surface area contributed by atoms with E-state index < -0.39 is 49.1 Å². The van der Waals surface area contributed by atoms with Gasteiger partial charge < -0.3 is 10.1 Å². The first-order chi connectivity index (χ1) is 8.82. The van der Waals surface area contributed by atoms with Crippen LogP contribution in [-0.2, 0) is 0 Å². The molecule has 0 unspecified atom stereocenters. The fourth-order valence-corrected chi connectivity index (χ4v) is 1.82. The second-order valence-corrected chi connectivity index (χ2v) is 3.93. The first kappa shape index (κ1) is 13.0. The van der Waals surface area contributed by atoms with Crippen molar-refractivity contribution < 1.29 is 14.4 Å². The van der Waals surface area contributed by atoms with Crippen LogP contribution in [-0.4, -0.2) is 15.0 Å². The number of rotatable bonds is 1. The van der Waals surface area contributed by atoms with Gasteiger partial charge in [-0.2, -0.15) is 0 Å². The van der Waals surface area contributed by atoms with E-state index >= 15 is 0 Å². The van der Waals surface area contributed by atoms with Crippen LogP contribution in [0.25, 0.3) is 10.9 Å². The number of aromatic nitrogens is 1. The lowest BCUT2D eigenvalue weighted by Crippen LogP contribution is -2.03. The Hall–Kier alpha value is -2.48. The number of fused-ring (bicyclic) bond motifs is 1. The SMILES string of the molecule is O=c1cc(O)c(=O)c2c([N+](=O)[O-])c(Cl)c(F)cc2[nH]1. The van der Waals surface area contributed by atoms with Crippen molar-refractivity contribution in [2.75, 3.05) is 0 Å². The summed E-state index contributed by atoms with van der Waals surface area (Å²) in [5.74, 6) is -2.16. The molecular formula is C10H4ClFN2O5. The largest absolute Gasteiger partial charge is 0.504 e. The highest BCUT2D eigenvalue weighted by Crippen LogP contribution is 2.32. The zero-order chi connectivity index (χ0) is 14.3. The summed E-state index contributed by atoms with van der Waals surface area (Å²) < 4.78 is 13.4. The van der Waals surface area contributed by atoms with Gasteiger partial charge in [-0.1, -0.05) is 11.6 Å². The molecule has 2 rings (SSSR count). The van der Waals surface area contributed by atoms with Crippen LogP contribution in [0.2, 0.25) is 5.02 Å². The molecule has 0 aliphatic heterocycles. The van der Waals surface area contributed by atoms with E-state index in [0.717, 1.165) is 0 Å². The van der Waals surface area contributed by atoms with Gasteiger partial charge in [-0.25, -0.2) is 4.39 Å². The smallest absolute Gasteiger partial charge is 0.304 e. The van der Waals surface area contributed by atoms with E-state index in [9.17, 15) is 29.2 Å². The number of aromatic amines is 1. The zero-order valence-corrected chi connectivity index (χ0v) is 9.69. The number of nitrogens with zero attached hydrogens (tertiary/aromatic N) is 1. The Morgan fingerprint density at radius 1 is 1.37 bits per heavy atom. The molecule has 0 saturated carbocycles. The summed E-state index contributed by atoms with van der Waals surface area (Å²) >= 11 is 5.45. The minimum absolute atomic E-state index is 0.427. The monoisotopic (exact) mass is 286 g/mol. The van der Waals surface area contributed by atoms with Crippen molar-refractivity contribution in [2.24, 2.45) is 0 Å². The van der Waals surface area contributed by atoms with Crippen LogP contribution in [0.15, 0.2) is 21.7 Å². The highest BCUT2D eigenvalue weighted by atomic mass is 35.5. The van der Waals surface area contributed by atoms with Crippen LogP contribution in [0.4, 0.5) is 10.1 Å². The summed E-state index contributed by atoms with van der Waals surface area (Å²) in [5.41, 5.74) is -3.55. The summed E-state index contributed by atoms with van der Waals surface area (Å²) in [5, 5.41) is 18.7. The second-order valence-electron chi connectivity index (χ2n) is 3.55. The number of nitro benzene ring substituents is 1. The average Bonchev–Trinajstić information content (AvgIpc) is 2.39. The molecular weight excluding hydrogens is 283 g/mol. The Morgan fingerprint density at radius 2 is 2.00 bits per heavy atom. The first-order valence-corrected chi connectivity index (χ1v) is 5.13. The van der Waals surface area contributed by atoms with Gasteiger partial charge in [0.1, 0.15) is 5.39 Å². The topological polar surface area (TPSA) is 113 Å². The quantitative estimate of drug-likeness (QED) is 0.606. The van der Waals surface area contributed by atoms with Crippen molar-refractivity contribution in [3.63, 3.8) is 0 Å². The molecule has 19 heavy (non-hydrogen) atoms. The van der Waals surface area contributed by atoms with Gasteiger partial charge in [0.05, 0.1) is 10.4 Å². The van der Waals surface area contributed by atoms with Gasteiger partial charge in [0.2, 0.25) is 5.43 Å². The summed E-state index contributed by atoms with van der Waals surface area (Å²) in [7, 11) is 0. The van der Waals surface area contributed by atoms with Crippen LogP contribution in [0.1, 0.15) is 0 Å². The average molecular weight is 287 g/mol. The normalized spacial score (nSPS) is 10.6. The van der Waals surface area contributed by atoms with Gasteiger partial charge in [-0.3, -0.25) is 19.7 Å². The second kappa shape index (κ2) is 4.32. The van der Waals surface area contributed by atoms with E-state index in [1.165, 1.54) is 0 Å². The van der Waals surface area contributed by atoms with Crippen molar-refractivity contribution in [3.8, 4) is 5.75 Å². The van der Waals surface area contributed by atoms with Gasteiger partial charge >= 0.3 is 5.69 Å². The Labute approximate surface area is 108 Å². The molecule has 0 amide bonds. The third-order valence-corrected chi connectivity index (χ3v) is 2.72.